The van der Waals surface area contributed by atoms with E-state index in [0.717, 1.165) is 6.07 Å². The minimum Gasteiger partial charge on any atom is -0.316 e. The molecule has 0 bridgehead atoms. The van der Waals surface area contributed by atoms with E-state index in [4.69, 9.17) is 0 Å². The van der Waals surface area contributed by atoms with Crippen LogP contribution in [0.3, 0.4) is 0 Å². The van der Waals surface area contributed by atoms with Crippen molar-refractivity contribution in [3.8, 4) is 0 Å². The molecule has 0 aromatic heterocycles. The van der Waals surface area contributed by atoms with Crippen LogP contribution in [0.25, 0.3) is 0 Å². The van der Waals surface area contributed by atoms with Crippen LogP contribution in [-0.4, -0.2) is 28.1 Å². The maximum atomic E-state index is 13.3. The fourth-order valence-electron chi connectivity index (χ4n) is 1.43. The van der Waals surface area contributed by atoms with Gasteiger partial charge >= 0.3 is 6.18 Å². The standard InChI is InChI=1S/C11H14F4N2O2S.ClH/c1-2-16-5-6-17-20(18,19)8-3-4-9(10(12)7-8)11(13,14)15;/h3-4,7,16-17H,2,5-6H2,1H3;1H. The van der Waals surface area contributed by atoms with Gasteiger partial charge in [-0.15, -0.1) is 12.4 Å². The van der Waals surface area contributed by atoms with Crippen molar-refractivity contribution in [3.05, 3.63) is 29.6 Å². The Balaban J connectivity index is 0.00000400. The molecule has 1 rings (SSSR count). The lowest BCUT2D eigenvalue weighted by Crippen LogP contribution is -2.31. The van der Waals surface area contributed by atoms with E-state index in [2.05, 4.69) is 10.0 Å². The van der Waals surface area contributed by atoms with E-state index < -0.39 is 32.5 Å². The molecule has 1 aromatic carbocycles. The first kappa shape index (κ1) is 20.1. The largest absolute Gasteiger partial charge is 0.419 e. The Bertz CT molecular complexity index is 564. The molecular weight excluding hydrogens is 336 g/mol. The first-order valence-electron chi connectivity index (χ1n) is 5.75. The van der Waals surface area contributed by atoms with Crippen LogP contribution in [0.5, 0.6) is 0 Å². The maximum Gasteiger partial charge on any atom is 0.419 e. The van der Waals surface area contributed by atoms with Gasteiger partial charge in [-0.25, -0.2) is 17.5 Å². The van der Waals surface area contributed by atoms with Gasteiger partial charge in [0.1, 0.15) is 5.82 Å². The smallest absolute Gasteiger partial charge is 0.316 e. The molecule has 0 fully saturated rings. The Hall–Kier alpha value is -0.900. The lowest BCUT2D eigenvalue weighted by Gasteiger charge is -2.10. The van der Waals surface area contributed by atoms with Crippen LogP contribution in [-0.2, 0) is 16.2 Å². The van der Waals surface area contributed by atoms with E-state index >= 15 is 0 Å². The van der Waals surface area contributed by atoms with Gasteiger partial charge in [-0.3, -0.25) is 0 Å². The number of alkyl halides is 3. The van der Waals surface area contributed by atoms with Crippen molar-refractivity contribution in [1.82, 2.24) is 10.0 Å². The van der Waals surface area contributed by atoms with Crippen molar-refractivity contribution < 1.29 is 26.0 Å². The highest BCUT2D eigenvalue weighted by Crippen LogP contribution is 2.32. The zero-order chi connectivity index (χ0) is 15.4. The van der Waals surface area contributed by atoms with Gasteiger partial charge in [0, 0.05) is 13.1 Å². The second-order valence-electron chi connectivity index (χ2n) is 3.89. The molecule has 0 saturated carbocycles. The molecule has 0 atom stereocenters. The molecule has 0 spiro atoms. The first-order valence-corrected chi connectivity index (χ1v) is 7.24. The van der Waals surface area contributed by atoms with Gasteiger partial charge in [-0.2, -0.15) is 13.2 Å². The van der Waals surface area contributed by atoms with Crippen LogP contribution in [0.15, 0.2) is 23.1 Å². The van der Waals surface area contributed by atoms with Crippen LogP contribution < -0.4 is 10.0 Å². The third-order valence-electron chi connectivity index (χ3n) is 2.40. The monoisotopic (exact) mass is 350 g/mol. The summed E-state index contributed by atoms with van der Waals surface area (Å²) in [5, 5.41) is 2.86. The summed E-state index contributed by atoms with van der Waals surface area (Å²) in [5.41, 5.74) is -1.50. The van der Waals surface area contributed by atoms with E-state index in [-0.39, 0.29) is 19.0 Å². The molecule has 0 heterocycles. The highest BCUT2D eigenvalue weighted by atomic mass is 35.5. The number of hydrogen-bond acceptors (Lipinski definition) is 3. The zero-order valence-electron chi connectivity index (χ0n) is 11.0. The van der Waals surface area contributed by atoms with E-state index in [1.807, 2.05) is 6.92 Å². The lowest BCUT2D eigenvalue weighted by atomic mass is 10.2. The number of nitrogens with one attached hydrogen (secondary N) is 2. The number of halogens is 5. The van der Waals surface area contributed by atoms with Gasteiger partial charge in [-0.05, 0) is 24.7 Å². The predicted molar refractivity (Wildman–Crippen MR) is 72.4 cm³/mol. The number of likely N-dealkylation sites (N-methyl/N-ethyl adjacent to an activating group) is 1. The van der Waals surface area contributed by atoms with E-state index in [9.17, 15) is 26.0 Å². The maximum absolute atomic E-state index is 13.3. The van der Waals surface area contributed by atoms with Crippen LogP contribution in [0.1, 0.15) is 12.5 Å². The van der Waals surface area contributed by atoms with Crippen molar-refractivity contribution in [2.75, 3.05) is 19.6 Å². The van der Waals surface area contributed by atoms with Crippen molar-refractivity contribution in [3.63, 3.8) is 0 Å². The van der Waals surface area contributed by atoms with Crippen LogP contribution in [0.2, 0.25) is 0 Å². The second-order valence-corrected chi connectivity index (χ2v) is 5.66. The Labute approximate surface area is 126 Å². The van der Waals surface area contributed by atoms with Gasteiger partial charge in [0.25, 0.3) is 0 Å². The molecule has 0 aliphatic heterocycles. The van der Waals surface area contributed by atoms with Gasteiger partial charge in [0.15, 0.2) is 0 Å². The lowest BCUT2D eigenvalue weighted by molar-refractivity contribution is -0.140. The summed E-state index contributed by atoms with van der Waals surface area (Å²) in [4.78, 5) is -0.542. The Kier molecular flexibility index (Phi) is 7.58. The van der Waals surface area contributed by atoms with Gasteiger partial charge in [0.05, 0.1) is 10.5 Å². The number of hydrogen-bond donors (Lipinski definition) is 2. The highest BCUT2D eigenvalue weighted by Gasteiger charge is 2.34. The predicted octanol–water partition coefficient (Wildman–Crippen LogP) is 2.15. The molecular formula is C11H15ClF4N2O2S. The molecule has 0 unspecified atom stereocenters. The van der Waals surface area contributed by atoms with E-state index in [1.54, 1.807) is 0 Å². The second kappa shape index (κ2) is 7.92. The molecule has 10 heteroatoms. The summed E-state index contributed by atoms with van der Waals surface area (Å²) in [6.45, 7) is 2.90. The molecule has 0 amide bonds. The zero-order valence-corrected chi connectivity index (χ0v) is 12.6. The van der Waals surface area contributed by atoms with Crippen molar-refractivity contribution >= 4 is 22.4 Å². The van der Waals surface area contributed by atoms with E-state index in [1.165, 1.54) is 0 Å². The van der Waals surface area contributed by atoms with Crippen LogP contribution in [0.4, 0.5) is 17.6 Å². The average molecular weight is 351 g/mol. The van der Waals surface area contributed by atoms with Crippen molar-refractivity contribution in [2.24, 2.45) is 0 Å². The van der Waals surface area contributed by atoms with Crippen LogP contribution in [0, 0.1) is 5.82 Å². The van der Waals surface area contributed by atoms with Gasteiger partial charge in [-0.1, -0.05) is 6.92 Å². The van der Waals surface area contributed by atoms with Gasteiger partial charge in [0.2, 0.25) is 10.0 Å². The minimum atomic E-state index is -4.86. The number of benzene rings is 1. The number of sulfonamides is 1. The topological polar surface area (TPSA) is 58.2 Å². The SMILES string of the molecule is CCNCCNS(=O)(=O)c1ccc(C(F)(F)F)c(F)c1.Cl. The fraction of sp³-hybridized carbons (Fsp3) is 0.455. The molecule has 4 nitrogen and oxygen atoms in total. The van der Waals surface area contributed by atoms with Gasteiger partial charge < -0.3 is 5.32 Å². The third kappa shape index (κ3) is 5.77. The first-order chi connectivity index (χ1) is 9.18. The molecule has 2 N–H and O–H groups in total. The summed E-state index contributed by atoms with van der Waals surface area (Å²) < 4.78 is 75.9. The third-order valence-corrected chi connectivity index (χ3v) is 3.86. The molecule has 0 aliphatic rings. The quantitative estimate of drug-likeness (QED) is 0.610. The summed E-state index contributed by atoms with van der Waals surface area (Å²) in [6.07, 6.45) is -4.86. The molecule has 122 valence electrons. The van der Waals surface area contributed by atoms with Crippen molar-refractivity contribution in [2.45, 2.75) is 18.0 Å². The Morgan fingerprint density at radius 3 is 2.29 bits per heavy atom. The molecule has 1 aromatic rings. The van der Waals surface area contributed by atoms with E-state index in [0.29, 0.717) is 25.2 Å². The summed E-state index contributed by atoms with van der Waals surface area (Å²) in [7, 11) is -4.02. The van der Waals surface area contributed by atoms with Crippen molar-refractivity contribution in [1.29, 1.82) is 0 Å². The fourth-order valence-corrected chi connectivity index (χ4v) is 2.47. The molecule has 0 radical (unpaired) electrons. The normalized spacial score (nSPS) is 12.0. The van der Waals surface area contributed by atoms with Crippen LogP contribution >= 0.6 is 12.4 Å². The average Bonchev–Trinajstić information content (AvgIpc) is 2.33. The Morgan fingerprint density at radius 2 is 1.81 bits per heavy atom. The molecule has 21 heavy (non-hydrogen) atoms. The number of rotatable bonds is 6. The molecule has 0 saturated heterocycles. The summed E-state index contributed by atoms with van der Waals surface area (Å²) >= 11 is 0. The summed E-state index contributed by atoms with van der Waals surface area (Å²) in [5.74, 6) is -1.62. The summed E-state index contributed by atoms with van der Waals surface area (Å²) in [6, 6.07) is 1.49. The molecule has 0 aliphatic carbocycles. The highest BCUT2D eigenvalue weighted by molar-refractivity contribution is 7.89. The minimum absolute atomic E-state index is 0. The Morgan fingerprint density at radius 1 is 1.19 bits per heavy atom.